The standard InChI is InChI=1S/C16H17F2N3O/c17-12-1-2-14(18)13(7-12)16-15(8-20-10-21-16)22-9-11-3-5-19-6-4-11/h1-2,7-8,10-11,19H,3-6,9H2. The highest BCUT2D eigenvalue weighted by molar-refractivity contribution is 5.66. The van der Waals surface area contributed by atoms with Crippen LogP contribution in [0.5, 0.6) is 5.75 Å². The quantitative estimate of drug-likeness (QED) is 0.943. The first kappa shape index (κ1) is 14.8. The summed E-state index contributed by atoms with van der Waals surface area (Å²) < 4.78 is 33.1. The van der Waals surface area contributed by atoms with E-state index in [4.69, 9.17) is 4.74 Å². The van der Waals surface area contributed by atoms with Crippen molar-refractivity contribution in [3.05, 3.63) is 42.4 Å². The van der Waals surface area contributed by atoms with E-state index in [0.29, 0.717) is 18.3 Å². The molecule has 1 aliphatic rings. The van der Waals surface area contributed by atoms with Gasteiger partial charge in [0, 0.05) is 5.56 Å². The molecule has 1 aromatic carbocycles. The van der Waals surface area contributed by atoms with Crippen LogP contribution in [0.15, 0.2) is 30.7 Å². The van der Waals surface area contributed by atoms with Crippen LogP contribution in [0.3, 0.4) is 0 Å². The molecule has 0 unspecified atom stereocenters. The smallest absolute Gasteiger partial charge is 0.163 e. The van der Waals surface area contributed by atoms with E-state index in [0.717, 1.165) is 44.1 Å². The van der Waals surface area contributed by atoms with E-state index in [9.17, 15) is 8.78 Å². The molecular formula is C16H17F2N3O. The van der Waals surface area contributed by atoms with Crippen molar-refractivity contribution in [3.8, 4) is 17.0 Å². The minimum atomic E-state index is -0.535. The Balaban J connectivity index is 1.81. The number of nitrogens with zero attached hydrogens (tertiary/aromatic N) is 2. The number of hydrogen-bond acceptors (Lipinski definition) is 4. The normalized spacial score (nSPS) is 15.7. The second-order valence-corrected chi connectivity index (χ2v) is 5.36. The topological polar surface area (TPSA) is 47.0 Å². The number of ether oxygens (including phenoxy) is 1. The second kappa shape index (κ2) is 6.79. The van der Waals surface area contributed by atoms with Crippen LogP contribution in [-0.2, 0) is 0 Å². The molecule has 116 valence electrons. The summed E-state index contributed by atoms with van der Waals surface area (Å²) in [5.41, 5.74) is 0.364. The second-order valence-electron chi connectivity index (χ2n) is 5.36. The number of halogens is 2. The maximum atomic E-state index is 13.9. The van der Waals surface area contributed by atoms with Crippen LogP contribution in [0.25, 0.3) is 11.3 Å². The van der Waals surface area contributed by atoms with Crippen LogP contribution in [-0.4, -0.2) is 29.7 Å². The Morgan fingerprint density at radius 2 is 2.05 bits per heavy atom. The minimum absolute atomic E-state index is 0.0858. The number of hydrogen-bond donors (Lipinski definition) is 1. The van der Waals surface area contributed by atoms with Gasteiger partial charge in [0.1, 0.15) is 23.7 Å². The zero-order chi connectivity index (χ0) is 15.4. The van der Waals surface area contributed by atoms with Crippen molar-refractivity contribution in [2.75, 3.05) is 19.7 Å². The van der Waals surface area contributed by atoms with E-state index in [1.54, 1.807) is 0 Å². The Morgan fingerprint density at radius 1 is 1.23 bits per heavy atom. The van der Waals surface area contributed by atoms with Crippen molar-refractivity contribution in [2.45, 2.75) is 12.8 Å². The number of aromatic nitrogens is 2. The Labute approximate surface area is 127 Å². The summed E-state index contributed by atoms with van der Waals surface area (Å²) in [4.78, 5) is 7.98. The number of rotatable bonds is 4. The summed E-state index contributed by atoms with van der Waals surface area (Å²) in [6, 6.07) is 3.29. The molecule has 0 saturated carbocycles. The van der Waals surface area contributed by atoms with Crippen molar-refractivity contribution >= 4 is 0 Å². The Bertz CT molecular complexity index is 645. The Kier molecular flexibility index (Phi) is 4.58. The molecule has 1 fully saturated rings. The molecule has 2 aromatic rings. The molecule has 0 aliphatic carbocycles. The fraction of sp³-hybridized carbons (Fsp3) is 0.375. The van der Waals surface area contributed by atoms with Crippen molar-refractivity contribution in [3.63, 3.8) is 0 Å². The highest BCUT2D eigenvalue weighted by atomic mass is 19.1. The van der Waals surface area contributed by atoms with Crippen LogP contribution in [0.4, 0.5) is 8.78 Å². The lowest BCUT2D eigenvalue weighted by atomic mass is 9.99. The van der Waals surface area contributed by atoms with E-state index in [2.05, 4.69) is 15.3 Å². The van der Waals surface area contributed by atoms with Gasteiger partial charge in [-0.25, -0.2) is 18.7 Å². The van der Waals surface area contributed by atoms with Gasteiger partial charge in [0.05, 0.1) is 12.8 Å². The lowest BCUT2D eigenvalue weighted by molar-refractivity contribution is 0.215. The molecule has 1 N–H and O–H groups in total. The molecular weight excluding hydrogens is 288 g/mol. The van der Waals surface area contributed by atoms with E-state index < -0.39 is 11.6 Å². The summed E-state index contributed by atoms with van der Waals surface area (Å²) in [5.74, 6) is -0.219. The summed E-state index contributed by atoms with van der Waals surface area (Å²) in [5, 5.41) is 3.29. The molecule has 1 aromatic heterocycles. The first-order valence-electron chi connectivity index (χ1n) is 7.33. The van der Waals surface area contributed by atoms with Gasteiger partial charge in [-0.3, -0.25) is 0 Å². The minimum Gasteiger partial charge on any atom is -0.489 e. The number of piperidine rings is 1. The molecule has 3 rings (SSSR count). The van der Waals surface area contributed by atoms with Crippen molar-refractivity contribution in [2.24, 2.45) is 5.92 Å². The van der Waals surface area contributed by atoms with Crippen molar-refractivity contribution < 1.29 is 13.5 Å². The van der Waals surface area contributed by atoms with Crippen molar-refractivity contribution in [1.82, 2.24) is 15.3 Å². The molecule has 4 nitrogen and oxygen atoms in total. The maximum Gasteiger partial charge on any atom is 0.163 e. The molecule has 1 aliphatic heterocycles. The van der Waals surface area contributed by atoms with E-state index in [-0.39, 0.29) is 11.3 Å². The van der Waals surface area contributed by atoms with E-state index in [1.807, 2.05) is 0 Å². The fourth-order valence-corrected chi connectivity index (χ4v) is 2.56. The molecule has 0 radical (unpaired) electrons. The molecule has 0 spiro atoms. The molecule has 22 heavy (non-hydrogen) atoms. The predicted octanol–water partition coefficient (Wildman–Crippen LogP) is 2.80. The molecule has 0 bridgehead atoms. The highest BCUT2D eigenvalue weighted by Crippen LogP contribution is 2.30. The van der Waals surface area contributed by atoms with Gasteiger partial charge in [-0.2, -0.15) is 0 Å². The maximum absolute atomic E-state index is 13.9. The van der Waals surface area contributed by atoms with Crippen LogP contribution in [0.2, 0.25) is 0 Å². The van der Waals surface area contributed by atoms with E-state index >= 15 is 0 Å². The highest BCUT2D eigenvalue weighted by Gasteiger charge is 2.17. The lowest BCUT2D eigenvalue weighted by Gasteiger charge is -2.23. The van der Waals surface area contributed by atoms with Crippen molar-refractivity contribution in [1.29, 1.82) is 0 Å². The van der Waals surface area contributed by atoms with Gasteiger partial charge in [0.2, 0.25) is 0 Å². The molecule has 0 atom stereocenters. The zero-order valence-electron chi connectivity index (χ0n) is 12.1. The summed E-state index contributed by atoms with van der Waals surface area (Å²) in [7, 11) is 0. The lowest BCUT2D eigenvalue weighted by Crippen LogP contribution is -2.30. The summed E-state index contributed by atoms with van der Waals surface area (Å²) in [6.07, 6.45) is 4.87. The third-order valence-electron chi connectivity index (χ3n) is 3.80. The largest absolute Gasteiger partial charge is 0.489 e. The number of benzene rings is 1. The van der Waals surface area contributed by atoms with Gasteiger partial charge < -0.3 is 10.1 Å². The first-order valence-corrected chi connectivity index (χ1v) is 7.33. The predicted molar refractivity (Wildman–Crippen MR) is 78.5 cm³/mol. The van der Waals surface area contributed by atoms with Gasteiger partial charge in [-0.1, -0.05) is 0 Å². The Morgan fingerprint density at radius 3 is 2.86 bits per heavy atom. The molecule has 0 amide bonds. The van der Waals surface area contributed by atoms with Gasteiger partial charge in [-0.05, 0) is 50.0 Å². The number of nitrogens with one attached hydrogen (secondary N) is 1. The van der Waals surface area contributed by atoms with Gasteiger partial charge in [0.15, 0.2) is 5.75 Å². The average Bonchev–Trinajstić information content (AvgIpc) is 2.56. The molecule has 2 heterocycles. The van der Waals surface area contributed by atoms with Crippen LogP contribution < -0.4 is 10.1 Å². The fourth-order valence-electron chi connectivity index (χ4n) is 2.56. The van der Waals surface area contributed by atoms with Crippen LogP contribution in [0.1, 0.15) is 12.8 Å². The third kappa shape index (κ3) is 3.39. The van der Waals surface area contributed by atoms with Gasteiger partial charge >= 0.3 is 0 Å². The third-order valence-corrected chi connectivity index (χ3v) is 3.80. The van der Waals surface area contributed by atoms with Crippen LogP contribution >= 0.6 is 0 Å². The van der Waals surface area contributed by atoms with Crippen LogP contribution in [0, 0.1) is 17.6 Å². The van der Waals surface area contributed by atoms with Gasteiger partial charge in [-0.15, -0.1) is 0 Å². The SMILES string of the molecule is Fc1ccc(F)c(-c2ncncc2OCC2CCNCC2)c1. The average molecular weight is 305 g/mol. The molecule has 6 heteroatoms. The molecule has 1 saturated heterocycles. The summed E-state index contributed by atoms with van der Waals surface area (Å²) in [6.45, 7) is 2.48. The monoisotopic (exact) mass is 305 g/mol. The first-order chi connectivity index (χ1) is 10.7. The zero-order valence-corrected chi connectivity index (χ0v) is 12.1. The van der Waals surface area contributed by atoms with E-state index in [1.165, 1.54) is 12.5 Å². The van der Waals surface area contributed by atoms with Gasteiger partial charge in [0.25, 0.3) is 0 Å². The Hall–Kier alpha value is -2.08. The summed E-state index contributed by atoms with van der Waals surface area (Å²) >= 11 is 0.